The molecule has 0 radical (unpaired) electrons. The Bertz CT molecular complexity index is 361. The van der Waals surface area contributed by atoms with Gasteiger partial charge in [0.25, 0.3) is 0 Å². The summed E-state index contributed by atoms with van der Waals surface area (Å²) in [5, 5.41) is 2.91. The summed E-state index contributed by atoms with van der Waals surface area (Å²) in [5.74, 6) is 0.948. The number of hydrogen-bond acceptors (Lipinski definition) is 3. The number of carbonyl (C=O) groups excluding carboxylic acids is 1. The summed E-state index contributed by atoms with van der Waals surface area (Å²) in [6.45, 7) is 6.27. The number of anilines is 2. The SMILES string of the molecule is CCN(CC)c1ccc(NC(=O)CCSC)cc1. The van der Waals surface area contributed by atoms with E-state index in [0.29, 0.717) is 6.42 Å². The molecule has 4 heteroatoms. The molecule has 1 aromatic rings. The summed E-state index contributed by atoms with van der Waals surface area (Å²) in [4.78, 5) is 13.8. The second-order valence-electron chi connectivity index (χ2n) is 4.01. The van der Waals surface area contributed by atoms with Crippen LogP contribution in [0.15, 0.2) is 24.3 Å². The number of hydrogen-bond donors (Lipinski definition) is 1. The molecule has 0 fully saturated rings. The molecule has 0 heterocycles. The average molecular weight is 266 g/mol. The number of carbonyl (C=O) groups is 1. The summed E-state index contributed by atoms with van der Waals surface area (Å²) in [6, 6.07) is 8.03. The van der Waals surface area contributed by atoms with Crippen LogP contribution in [-0.4, -0.2) is 31.0 Å². The quantitative estimate of drug-likeness (QED) is 0.822. The Kier molecular flexibility index (Phi) is 6.65. The van der Waals surface area contributed by atoms with E-state index in [2.05, 4.69) is 36.2 Å². The molecule has 3 nitrogen and oxygen atoms in total. The van der Waals surface area contributed by atoms with E-state index in [1.807, 2.05) is 18.4 Å². The number of rotatable bonds is 7. The minimum absolute atomic E-state index is 0.0833. The van der Waals surface area contributed by atoms with Gasteiger partial charge in [0.1, 0.15) is 0 Å². The van der Waals surface area contributed by atoms with E-state index in [9.17, 15) is 4.79 Å². The molecule has 0 aliphatic heterocycles. The van der Waals surface area contributed by atoms with Gasteiger partial charge >= 0.3 is 0 Å². The largest absolute Gasteiger partial charge is 0.372 e. The van der Waals surface area contributed by atoms with Crippen molar-refractivity contribution in [3.8, 4) is 0 Å². The van der Waals surface area contributed by atoms with Crippen LogP contribution in [0.25, 0.3) is 0 Å². The predicted molar refractivity (Wildman–Crippen MR) is 81.6 cm³/mol. The normalized spacial score (nSPS) is 10.2. The van der Waals surface area contributed by atoms with Gasteiger partial charge in [0.15, 0.2) is 0 Å². The maximum absolute atomic E-state index is 11.6. The molecule has 1 aromatic carbocycles. The molecule has 100 valence electrons. The Morgan fingerprint density at radius 2 is 1.83 bits per heavy atom. The van der Waals surface area contributed by atoms with Crippen LogP contribution in [0.1, 0.15) is 20.3 Å². The molecule has 1 N–H and O–H groups in total. The van der Waals surface area contributed by atoms with Gasteiger partial charge in [-0.3, -0.25) is 4.79 Å². The smallest absolute Gasteiger partial charge is 0.225 e. The maximum atomic E-state index is 11.6. The van der Waals surface area contributed by atoms with Gasteiger partial charge in [-0.1, -0.05) is 0 Å². The van der Waals surface area contributed by atoms with Crippen molar-refractivity contribution in [3.05, 3.63) is 24.3 Å². The lowest BCUT2D eigenvalue weighted by molar-refractivity contribution is -0.115. The Morgan fingerprint density at radius 1 is 1.22 bits per heavy atom. The molecule has 0 saturated heterocycles. The van der Waals surface area contributed by atoms with Crippen molar-refractivity contribution in [2.45, 2.75) is 20.3 Å². The van der Waals surface area contributed by atoms with Gasteiger partial charge < -0.3 is 10.2 Å². The van der Waals surface area contributed by atoms with Crippen LogP contribution in [0.2, 0.25) is 0 Å². The Labute approximate surface area is 114 Å². The molecule has 0 saturated carbocycles. The van der Waals surface area contributed by atoms with E-state index in [0.717, 1.165) is 24.5 Å². The summed E-state index contributed by atoms with van der Waals surface area (Å²) >= 11 is 1.69. The first-order valence-corrected chi connectivity index (χ1v) is 7.74. The second kappa shape index (κ2) is 8.03. The van der Waals surface area contributed by atoms with Crippen LogP contribution in [0.3, 0.4) is 0 Å². The molecule has 0 aliphatic carbocycles. The lowest BCUT2D eigenvalue weighted by atomic mass is 10.2. The zero-order valence-corrected chi connectivity index (χ0v) is 12.2. The van der Waals surface area contributed by atoms with E-state index in [4.69, 9.17) is 0 Å². The molecule has 0 aliphatic rings. The zero-order valence-electron chi connectivity index (χ0n) is 11.4. The first-order valence-electron chi connectivity index (χ1n) is 6.35. The second-order valence-corrected chi connectivity index (χ2v) is 5.00. The van der Waals surface area contributed by atoms with Gasteiger partial charge in [-0.15, -0.1) is 0 Å². The number of benzene rings is 1. The third-order valence-electron chi connectivity index (χ3n) is 2.81. The van der Waals surface area contributed by atoms with E-state index >= 15 is 0 Å². The third-order valence-corrected chi connectivity index (χ3v) is 3.43. The molecule has 1 amide bonds. The van der Waals surface area contributed by atoms with Crippen LogP contribution >= 0.6 is 11.8 Å². The zero-order chi connectivity index (χ0) is 13.4. The topological polar surface area (TPSA) is 32.3 Å². The van der Waals surface area contributed by atoms with Gasteiger partial charge in [0.05, 0.1) is 0 Å². The predicted octanol–water partition coefficient (Wildman–Crippen LogP) is 3.22. The highest BCUT2D eigenvalue weighted by atomic mass is 32.2. The Morgan fingerprint density at radius 3 is 2.33 bits per heavy atom. The van der Waals surface area contributed by atoms with Crippen molar-refractivity contribution in [2.24, 2.45) is 0 Å². The van der Waals surface area contributed by atoms with Crippen LogP contribution in [0.4, 0.5) is 11.4 Å². The summed E-state index contributed by atoms with van der Waals surface area (Å²) in [7, 11) is 0. The molecule has 0 aromatic heterocycles. The van der Waals surface area contributed by atoms with E-state index < -0.39 is 0 Å². The lowest BCUT2D eigenvalue weighted by Gasteiger charge is -2.21. The number of nitrogens with zero attached hydrogens (tertiary/aromatic N) is 1. The molecule has 0 unspecified atom stereocenters. The van der Waals surface area contributed by atoms with Crippen molar-refractivity contribution in [3.63, 3.8) is 0 Å². The van der Waals surface area contributed by atoms with E-state index in [1.54, 1.807) is 11.8 Å². The van der Waals surface area contributed by atoms with Crippen molar-refractivity contribution < 1.29 is 4.79 Å². The number of thioether (sulfide) groups is 1. The summed E-state index contributed by atoms with van der Waals surface area (Å²) in [6.07, 6.45) is 2.57. The highest BCUT2D eigenvalue weighted by Gasteiger charge is 2.04. The molecule has 0 spiro atoms. The van der Waals surface area contributed by atoms with Crippen molar-refractivity contribution in [1.82, 2.24) is 0 Å². The van der Waals surface area contributed by atoms with Crippen molar-refractivity contribution >= 4 is 29.0 Å². The van der Waals surface area contributed by atoms with Gasteiger partial charge in [-0.05, 0) is 44.4 Å². The fourth-order valence-corrected chi connectivity index (χ4v) is 2.15. The number of amides is 1. The van der Waals surface area contributed by atoms with Gasteiger partial charge in [-0.2, -0.15) is 11.8 Å². The van der Waals surface area contributed by atoms with Gasteiger partial charge in [0.2, 0.25) is 5.91 Å². The Balaban J connectivity index is 2.57. The maximum Gasteiger partial charge on any atom is 0.225 e. The molecule has 18 heavy (non-hydrogen) atoms. The molecule has 0 bridgehead atoms. The first kappa shape index (κ1) is 14.9. The number of nitrogens with one attached hydrogen (secondary N) is 1. The van der Waals surface area contributed by atoms with Crippen LogP contribution < -0.4 is 10.2 Å². The average Bonchev–Trinajstić information content (AvgIpc) is 2.40. The highest BCUT2D eigenvalue weighted by molar-refractivity contribution is 7.98. The third kappa shape index (κ3) is 4.61. The Hall–Kier alpha value is -1.16. The van der Waals surface area contributed by atoms with Gasteiger partial charge in [0, 0.05) is 36.6 Å². The minimum Gasteiger partial charge on any atom is -0.372 e. The van der Waals surface area contributed by atoms with Crippen LogP contribution in [0.5, 0.6) is 0 Å². The van der Waals surface area contributed by atoms with E-state index in [1.165, 1.54) is 5.69 Å². The standard InChI is InChI=1S/C14H22N2OS/c1-4-16(5-2)13-8-6-12(7-9-13)15-14(17)10-11-18-3/h6-9H,4-5,10-11H2,1-3H3,(H,15,17). The summed E-state index contributed by atoms with van der Waals surface area (Å²) in [5.41, 5.74) is 2.07. The fraction of sp³-hybridized carbons (Fsp3) is 0.500. The van der Waals surface area contributed by atoms with Crippen molar-refractivity contribution in [1.29, 1.82) is 0 Å². The van der Waals surface area contributed by atoms with Gasteiger partial charge in [-0.25, -0.2) is 0 Å². The van der Waals surface area contributed by atoms with Crippen molar-refractivity contribution in [2.75, 3.05) is 35.3 Å². The van der Waals surface area contributed by atoms with Crippen LogP contribution in [-0.2, 0) is 4.79 Å². The fourth-order valence-electron chi connectivity index (χ4n) is 1.76. The minimum atomic E-state index is 0.0833. The van der Waals surface area contributed by atoms with E-state index in [-0.39, 0.29) is 5.91 Å². The lowest BCUT2D eigenvalue weighted by Crippen LogP contribution is -2.21. The molecular formula is C14H22N2OS. The summed E-state index contributed by atoms with van der Waals surface area (Å²) < 4.78 is 0. The molecular weight excluding hydrogens is 244 g/mol. The molecule has 1 rings (SSSR count). The highest BCUT2D eigenvalue weighted by Crippen LogP contribution is 2.17. The molecule has 0 atom stereocenters. The first-order chi connectivity index (χ1) is 8.71. The monoisotopic (exact) mass is 266 g/mol. The van der Waals surface area contributed by atoms with Crippen LogP contribution in [0, 0.1) is 0 Å².